The molecule has 162 valence electrons. The van der Waals surface area contributed by atoms with Crippen molar-refractivity contribution in [2.24, 2.45) is 5.73 Å². The lowest BCUT2D eigenvalue weighted by Crippen LogP contribution is -2.57. The summed E-state index contributed by atoms with van der Waals surface area (Å²) in [6.45, 7) is 1.15. The summed E-state index contributed by atoms with van der Waals surface area (Å²) in [6.07, 6.45) is 2.73. The number of ether oxygens (including phenoxy) is 2. The molecule has 1 aromatic rings. The fourth-order valence-corrected chi connectivity index (χ4v) is 4.67. The van der Waals surface area contributed by atoms with Gasteiger partial charge in [0.1, 0.15) is 6.61 Å². The van der Waals surface area contributed by atoms with Gasteiger partial charge in [-0.05, 0) is 50.0 Å². The summed E-state index contributed by atoms with van der Waals surface area (Å²) in [7, 11) is 1.51. The van der Waals surface area contributed by atoms with E-state index >= 15 is 0 Å². The molecule has 0 radical (unpaired) electrons. The van der Waals surface area contributed by atoms with Crippen LogP contribution in [0.2, 0.25) is 0 Å². The first-order valence-electron chi connectivity index (χ1n) is 10.5. The molecular formula is C22H32F2N2O3. The first-order chi connectivity index (χ1) is 14.0. The van der Waals surface area contributed by atoms with Crippen LogP contribution in [0, 0.1) is 0 Å². The Kier molecular flexibility index (Phi) is 7.98. The number of nitrogens with zero attached hydrogens (tertiary/aromatic N) is 1. The third-order valence-electron chi connectivity index (χ3n) is 6.27. The van der Waals surface area contributed by atoms with Crippen molar-refractivity contribution in [2.75, 3.05) is 26.9 Å². The minimum atomic E-state index is -2.44. The van der Waals surface area contributed by atoms with Crippen molar-refractivity contribution < 1.29 is 23.0 Å². The summed E-state index contributed by atoms with van der Waals surface area (Å²) >= 11 is 0. The molecule has 2 unspecified atom stereocenters. The number of carbonyl (C=O) groups is 1. The Balaban J connectivity index is 1.53. The molecule has 1 aliphatic carbocycles. The molecular weight excluding hydrogens is 378 g/mol. The molecule has 1 aliphatic heterocycles. The number of nitrogens with two attached hydrogens (primary N) is 1. The van der Waals surface area contributed by atoms with Gasteiger partial charge in [0, 0.05) is 25.3 Å². The average Bonchev–Trinajstić information content (AvgIpc) is 2.73. The van der Waals surface area contributed by atoms with Crippen LogP contribution in [0.4, 0.5) is 8.78 Å². The molecule has 0 aromatic heterocycles. The molecule has 2 N–H and O–H groups in total. The van der Waals surface area contributed by atoms with Gasteiger partial charge in [0.05, 0.1) is 18.8 Å². The third kappa shape index (κ3) is 5.53. The minimum absolute atomic E-state index is 0.0523. The highest BCUT2D eigenvalue weighted by atomic mass is 19.3. The molecule has 1 amide bonds. The molecule has 1 heterocycles. The molecule has 5 nitrogen and oxygen atoms in total. The summed E-state index contributed by atoms with van der Waals surface area (Å²) in [5.41, 5.74) is 7.20. The lowest BCUT2D eigenvalue weighted by molar-refractivity contribution is -0.142. The first kappa shape index (κ1) is 22.1. The number of carbonyl (C=O) groups excluding carboxylic acids is 1. The number of alkyl halides is 2. The van der Waals surface area contributed by atoms with E-state index in [9.17, 15) is 13.6 Å². The molecule has 1 aromatic carbocycles. The second-order valence-electron chi connectivity index (χ2n) is 8.13. The smallest absolute Gasteiger partial charge is 0.264 e. The summed E-state index contributed by atoms with van der Waals surface area (Å²) < 4.78 is 37.7. The normalized spacial score (nSPS) is 28.0. The van der Waals surface area contributed by atoms with Crippen molar-refractivity contribution in [3.05, 3.63) is 35.4 Å². The van der Waals surface area contributed by atoms with Gasteiger partial charge in [-0.1, -0.05) is 24.3 Å². The van der Waals surface area contributed by atoms with Gasteiger partial charge in [0.15, 0.2) is 0 Å². The van der Waals surface area contributed by atoms with Gasteiger partial charge >= 0.3 is 0 Å². The monoisotopic (exact) mass is 410 g/mol. The van der Waals surface area contributed by atoms with Gasteiger partial charge in [0.25, 0.3) is 6.43 Å². The summed E-state index contributed by atoms with van der Waals surface area (Å²) in [5, 5.41) is 0. The Labute approximate surface area is 171 Å². The molecule has 2 fully saturated rings. The molecule has 0 bridgehead atoms. The highest BCUT2D eigenvalue weighted by Crippen LogP contribution is 2.38. The van der Waals surface area contributed by atoms with Crippen molar-refractivity contribution in [3.63, 3.8) is 0 Å². The van der Waals surface area contributed by atoms with Crippen LogP contribution in [0.1, 0.15) is 62.0 Å². The van der Waals surface area contributed by atoms with Crippen molar-refractivity contribution in [1.29, 1.82) is 0 Å². The highest BCUT2D eigenvalue weighted by molar-refractivity contribution is 5.78. The Morgan fingerprint density at radius 1 is 1.21 bits per heavy atom. The molecule has 1 saturated heterocycles. The number of amides is 1. The third-order valence-corrected chi connectivity index (χ3v) is 6.27. The van der Waals surface area contributed by atoms with Crippen LogP contribution in [0.25, 0.3) is 0 Å². The fraction of sp³-hybridized carbons (Fsp3) is 0.682. The lowest BCUT2D eigenvalue weighted by Gasteiger charge is -2.40. The van der Waals surface area contributed by atoms with Crippen molar-refractivity contribution in [2.45, 2.75) is 69.1 Å². The van der Waals surface area contributed by atoms with Crippen molar-refractivity contribution in [1.82, 2.24) is 4.90 Å². The van der Waals surface area contributed by atoms with Crippen LogP contribution in [-0.2, 0) is 14.3 Å². The number of likely N-dealkylation sites (tertiary alicyclic amines) is 1. The van der Waals surface area contributed by atoms with E-state index in [0.717, 1.165) is 44.1 Å². The zero-order valence-electron chi connectivity index (χ0n) is 17.1. The van der Waals surface area contributed by atoms with E-state index in [4.69, 9.17) is 15.2 Å². The number of rotatable bonds is 7. The van der Waals surface area contributed by atoms with Crippen molar-refractivity contribution >= 4 is 5.91 Å². The molecule has 1 saturated carbocycles. The van der Waals surface area contributed by atoms with Crippen molar-refractivity contribution in [3.8, 4) is 0 Å². The quantitative estimate of drug-likeness (QED) is 0.746. The number of benzene rings is 1. The highest BCUT2D eigenvalue weighted by Gasteiger charge is 2.34. The number of halogens is 2. The first-order valence-corrected chi connectivity index (χ1v) is 10.5. The Bertz CT molecular complexity index is 665. The maximum atomic E-state index is 13.3. The minimum Gasteiger partial charge on any atom is -0.376 e. The van der Waals surface area contributed by atoms with Crippen LogP contribution >= 0.6 is 0 Å². The van der Waals surface area contributed by atoms with Crippen LogP contribution in [0.3, 0.4) is 0 Å². The number of hydrogen-bond donors (Lipinski definition) is 1. The zero-order valence-corrected chi connectivity index (χ0v) is 17.1. The van der Waals surface area contributed by atoms with Gasteiger partial charge in [-0.2, -0.15) is 0 Å². The van der Waals surface area contributed by atoms with Gasteiger partial charge in [-0.25, -0.2) is 8.78 Å². The van der Waals surface area contributed by atoms with Gasteiger partial charge in [-0.15, -0.1) is 0 Å². The summed E-state index contributed by atoms with van der Waals surface area (Å²) in [5.74, 6) is 0.0975. The Morgan fingerprint density at radius 3 is 2.62 bits per heavy atom. The van der Waals surface area contributed by atoms with E-state index in [2.05, 4.69) is 0 Å². The lowest BCUT2D eigenvalue weighted by atomic mass is 9.81. The molecule has 2 atom stereocenters. The van der Waals surface area contributed by atoms with Crippen LogP contribution < -0.4 is 5.73 Å². The number of methoxy groups -OCH3 is 1. The largest absolute Gasteiger partial charge is 0.376 e. The summed E-state index contributed by atoms with van der Waals surface area (Å²) in [4.78, 5) is 14.1. The van der Waals surface area contributed by atoms with Crippen LogP contribution in [0.5, 0.6) is 0 Å². The molecule has 7 heteroatoms. The topological polar surface area (TPSA) is 64.8 Å². The van der Waals surface area contributed by atoms with E-state index in [1.165, 1.54) is 13.2 Å². The molecule has 29 heavy (non-hydrogen) atoms. The predicted octanol–water partition coefficient (Wildman–Crippen LogP) is 3.63. The van der Waals surface area contributed by atoms with Gasteiger partial charge < -0.3 is 20.1 Å². The Morgan fingerprint density at radius 2 is 1.93 bits per heavy atom. The van der Waals surface area contributed by atoms with Gasteiger partial charge in [0.2, 0.25) is 5.91 Å². The van der Waals surface area contributed by atoms with E-state index in [0.29, 0.717) is 13.2 Å². The summed E-state index contributed by atoms with van der Waals surface area (Å²) in [6, 6.07) is 6.62. The van der Waals surface area contributed by atoms with E-state index in [-0.39, 0.29) is 42.2 Å². The average molecular weight is 411 g/mol. The van der Waals surface area contributed by atoms with E-state index in [1.807, 2.05) is 12.1 Å². The maximum Gasteiger partial charge on any atom is 0.264 e. The number of hydrogen-bond acceptors (Lipinski definition) is 4. The SMILES string of the molecule is COCC(=O)N1CCCC(N)C1COC1CCC(c2ccccc2C(F)F)CC1. The molecule has 0 spiro atoms. The van der Waals surface area contributed by atoms with Crippen LogP contribution in [0.15, 0.2) is 24.3 Å². The van der Waals surface area contributed by atoms with Crippen LogP contribution in [-0.4, -0.2) is 55.9 Å². The van der Waals surface area contributed by atoms with Gasteiger partial charge in [-0.3, -0.25) is 4.79 Å². The van der Waals surface area contributed by atoms with E-state index in [1.54, 1.807) is 11.0 Å². The standard InChI is InChI=1S/C22H32F2N2O3/c1-28-14-21(27)26-12-4-7-19(25)20(26)13-29-16-10-8-15(9-11-16)17-5-2-3-6-18(17)22(23)24/h2-3,5-6,15-16,19-20,22H,4,7-14,25H2,1H3. The second kappa shape index (κ2) is 10.5. The molecule has 3 rings (SSSR count). The zero-order chi connectivity index (χ0) is 20.8. The maximum absolute atomic E-state index is 13.3. The fourth-order valence-electron chi connectivity index (χ4n) is 4.67. The molecule has 2 aliphatic rings. The number of piperidine rings is 1. The second-order valence-corrected chi connectivity index (χ2v) is 8.13. The van der Waals surface area contributed by atoms with E-state index < -0.39 is 6.43 Å². The predicted molar refractivity (Wildman–Crippen MR) is 107 cm³/mol. The Hall–Kier alpha value is -1.57.